The van der Waals surface area contributed by atoms with E-state index in [1.54, 1.807) is 12.4 Å². The van der Waals surface area contributed by atoms with E-state index in [4.69, 9.17) is 4.98 Å². The van der Waals surface area contributed by atoms with Crippen LogP contribution in [0.25, 0.3) is 22.3 Å². The van der Waals surface area contributed by atoms with E-state index >= 15 is 0 Å². The monoisotopic (exact) mass is 480 g/mol. The number of aliphatic hydroxyl groups is 1. The summed E-state index contributed by atoms with van der Waals surface area (Å²) in [5.74, 6) is 0.725. The number of benzene rings is 1. The Kier molecular flexibility index (Phi) is 5.38. The quantitative estimate of drug-likeness (QED) is 0.404. The molecule has 0 bridgehead atoms. The molecule has 2 saturated carbocycles. The molecule has 2 fully saturated rings. The van der Waals surface area contributed by atoms with Gasteiger partial charge in [0.05, 0.1) is 46.8 Å². The molecule has 0 spiro atoms. The van der Waals surface area contributed by atoms with Crippen molar-refractivity contribution in [1.29, 1.82) is 5.26 Å². The fourth-order valence-electron chi connectivity index (χ4n) is 5.07. The number of fused-ring (bicyclic) bond motifs is 1. The normalized spacial score (nSPS) is 19.3. The highest BCUT2D eigenvalue weighted by Gasteiger charge is 2.29. The minimum atomic E-state index is -1.23. The molecule has 9 nitrogen and oxygen atoms in total. The Hall–Kier alpha value is -4.29. The van der Waals surface area contributed by atoms with E-state index < -0.39 is 12.2 Å². The molecule has 180 valence electrons. The van der Waals surface area contributed by atoms with E-state index in [9.17, 15) is 20.3 Å². The van der Waals surface area contributed by atoms with Gasteiger partial charge in [-0.1, -0.05) is 6.07 Å². The number of aromatic nitrogens is 4. The van der Waals surface area contributed by atoms with Crippen molar-refractivity contribution in [3.63, 3.8) is 0 Å². The molecule has 36 heavy (non-hydrogen) atoms. The molecular formula is C27H24N6O3. The molecule has 3 aromatic heterocycles. The first-order valence-corrected chi connectivity index (χ1v) is 12.1. The average molecular weight is 481 g/mol. The summed E-state index contributed by atoms with van der Waals surface area (Å²) in [6.45, 7) is 0. The maximum atomic E-state index is 12.3. The van der Waals surface area contributed by atoms with Gasteiger partial charge in [-0.15, -0.1) is 0 Å². The average Bonchev–Trinajstić information content (AvgIpc) is 3.53. The number of pyridine rings is 2. The Balaban J connectivity index is 1.47. The van der Waals surface area contributed by atoms with Crippen LogP contribution in [0.4, 0.5) is 16.4 Å². The molecule has 2 atom stereocenters. The third-order valence-corrected chi connectivity index (χ3v) is 7.08. The lowest BCUT2D eigenvalue weighted by Crippen LogP contribution is -2.26. The van der Waals surface area contributed by atoms with Gasteiger partial charge in [-0.25, -0.2) is 24.6 Å². The minimum absolute atomic E-state index is 0.00689. The van der Waals surface area contributed by atoms with Crippen LogP contribution in [0.2, 0.25) is 0 Å². The summed E-state index contributed by atoms with van der Waals surface area (Å²) in [7, 11) is 0. The standard InChI is InChI=1S/C27H24N6O3/c28-14-16-8-9-29-25(10-16)33(27(35)36)26-13-19(17-4-5-17)11-21(31-26)18-6-7-20-23(12-18)32(15-30-20)22-2-1-3-24(22)34/h6-13,15,17,22,24,34H,1-5H2,(H,35,36). The van der Waals surface area contributed by atoms with Crippen molar-refractivity contribution in [2.45, 2.75) is 50.2 Å². The van der Waals surface area contributed by atoms with E-state index in [2.05, 4.69) is 9.97 Å². The zero-order valence-corrected chi connectivity index (χ0v) is 19.4. The van der Waals surface area contributed by atoms with Crippen molar-refractivity contribution in [2.75, 3.05) is 4.90 Å². The second-order valence-electron chi connectivity index (χ2n) is 9.47. The van der Waals surface area contributed by atoms with Gasteiger partial charge in [0.2, 0.25) is 0 Å². The highest BCUT2D eigenvalue weighted by molar-refractivity contribution is 5.93. The lowest BCUT2D eigenvalue weighted by atomic mass is 10.0. The van der Waals surface area contributed by atoms with Gasteiger partial charge < -0.3 is 14.8 Å². The van der Waals surface area contributed by atoms with E-state index in [1.165, 1.54) is 18.3 Å². The zero-order valence-electron chi connectivity index (χ0n) is 19.4. The second kappa shape index (κ2) is 8.73. The van der Waals surface area contributed by atoms with Crippen molar-refractivity contribution < 1.29 is 15.0 Å². The number of aliphatic hydroxyl groups excluding tert-OH is 1. The Morgan fingerprint density at radius 3 is 2.64 bits per heavy atom. The van der Waals surface area contributed by atoms with E-state index in [-0.39, 0.29) is 17.7 Å². The largest absolute Gasteiger partial charge is 0.464 e. The third-order valence-electron chi connectivity index (χ3n) is 7.08. The van der Waals surface area contributed by atoms with Crippen LogP contribution in [0.3, 0.4) is 0 Å². The molecule has 3 heterocycles. The van der Waals surface area contributed by atoms with Crippen LogP contribution in [-0.2, 0) is 0 Å². The Morgan fingerprint density at radius 2 is 1.92 bits per heavy atom. The molecule has 2 aliphatic carbocycles. The maximum Gasteiger partial charge on any atom is 0.418 e. The zero-order chi connectivity index (χ0) is 24.8. The van der Waals surface area contributed by atoms with Crippen molar-refractivity contribution in [1.82, 2.24) is 19.5 Å². The molecule has 2 aliphatic rings. The molecule has 0 aliphatic heterocycles. The summed E-state index contributed by atoms with van der Waals surface area (Å²) >= 11 is 0. The van der Waals surface area contributed by atoms with Crippen molar-refractivity contribution in [3.05, 3.63) is 66.1 Å². The highest BCUT2D eigenvalue weighted by atomic mass is 16.4. The van der Waals surface area contributed by atoms with Crippen LogP contribution in [0.5, 0.6) is 0 Å². The van der Waals surface area contributed by atoms with Gasteiger partial charge in [-0.05, 0) is 80.0 Å². The lowest BCUT2D eigenvalue weighted by Gasteiger charge is -2.20. The Labute approximate surface area is 207 Å². The smallest absolute Gasteiger partial charge is 0.418 e. The summed E-state index contributed by atoms with van der Waals surface area (Å²) in [6.07, 6.45) is 6.33. The highest BCUT2D eigenvalue weighted by Crippen LogP contribution is 2.43. The molecule has 0 radical (unpaired) electrons. The van der Waals surface area contributed by atoms with Gasteiger partial charge in [0.15, 0.2) is 0 Å². The molecule has 2 N–H and O–H groups in total. The van der Waals surface area contributed by atoms with Crippen LogP contribution < -0.4 is 4.90 Å². The van der Waals surface area contributed by atoms with Gasteiger partial charge in [-0.2, -0.15) is 5.26 Å². The van der Waals surface area contributed by atoms with Gasteiger partial charge >= 0.3 is 6.09 Å². The van der Waals surface area contributed by atoms with Gasteiger partial charge in [0, 0.05) is 11.8 Å². The first-order chi connectivity index (χ1) is 17.5. The molecule has 2 unspecified atom stereocenters. The first kappa shape index (κ1) is 22.2. The van der Waals surface area contributed by atoms with E-state index in [0.717, 1.165) is 59.2 Å². The number of anilines is 2. The predicted octanol–water partition coefficient (Wildman–Crippen LogP) is 5.14. The first-order valence-electron chi connectivity index (χ1n) is 12.1. The number of hydrogen-bond donors (Lipinski definition) is 2. The number of hydrogen-bond acceptors (Lipinski definition) is 6. The molecule has 6 rings (SSSR count). The second-order valence-corrected chi connectivity index (χ2v) is 9.47. The Bertz CT molecular complexity index is 1520. The topological polar surface area (TPSA) is 128 Å². The molecule has 9 heteroatoms. The van der Waals surface area contributed by atoms with Crippen LogP contribution in [-0.4, -0.2) is 41.9 Å². The number of nitrogens with zero attached hydrogens (tertiary/aromatic N) is 6. The van der Waals surface area contributed by atoms with E-state index in [0.29, 0.717) is 17.2 Å². The number of amides is 1. The fraction of sp³-hybridized carbons (Fsp3) is 0.296. The van der Waals surface area contributed by atoms with E-state index in [1.807, 2.05) is 34.9 Å². The number of carbonyl (C=O) groups is 1. The molecule has 1 aromatic carbocycles. The number of nitriles is 1. The summed E-state index contributed by atoms with van der Waals surface area (Å²) in [4.78, 5) is 26.8. The van der Waals surface area contributed by atoms with Crippen LogP contribution in [0.15, 0.2) is 55.0 Å². The van der Waals surface area contributed by atoms with Gasteiger partial charge in [0.1, 0.15) is 11.6 Å². The fourth-order valence-corrected chi connectivity index (χ4v) is 5.07. The number of rotatable bonds is 5. The number of carboxylic acid groups (broad SMARTS) is 1. The molecule has 1 amide bonds. The minimum Gasteiger partial charge on any atom is -0.464 e. The Morgan fingerprint density at radius 1 is 1.06 bits per heavy atom. The van der Waals surface area contributed by atoms with Crippen LogP contribution >= 0.6 is 0 Å². The molecule has 4 aromatic rings. The third kappa shape index (κ3) is 3.95. The van der Waals surface area contributed by atoms with Crippen molar-refractivity contribution in [2.24, 2.45) is 0 Å². The predicted molar refractivity (Wildman–Crippen MR) is 133 cm³/mol. The van der Waals surface area contributed by atoms with Crippen molar-refractivity contribution >= 4 is 28.8 Å². The van der Waals surface area contributed by atoms with Crippen LogP contribution in [0.1, 0.15) is 55.2 Å². The number of imidazole rings is 1. The summed E-state index contributed by atoms with van der Waals surface area (Å²) in [5, 5.41) is 29.8. The van der Waals surface area contributed by atoms with Gasteiger partial charge in [-0.3, -0.25) is 0 Å². The molecular weight excluding hydrogens is 456 g/mol. The summed E-state index contributed by atoms with van der Waals surface area (Å²) in [6, 6.07) is 14.7. The van der Waals surface area contributed by atoms with Crippen molar-refractivity contribution in [3.8, 4) is 17.3 Å². The van der Waals surface area contributed by atoms with Crippen LogP contribution in [0, 0.1) is 11.3 Å². The van der Waals surface area contributed by atoms with Gasteiger partial charge in [0.25, 0.3) is 0 Å². The summed E-state index contributed by atoms with van der Waals surface area (Å²) in [5.41, 5.74) is 4.58. The molecule has 0 saturated heterocycles. The lowest BCUT2D eigenvalue weighted by molar-refractivity contribution is 0.138. The SMILES string of the molecule is N#Cc1ccnc(N(C(=O)O)c2cc(C3CC3)cc(-c3ccc4ncn(C5CCCC5O)c4c3)n2)c1. The summed E-state index contributed by atoms with van der Waals surface area (Å²) < 4.78 is 2.04. The maximum absolute atomic E-state index is 12.3.